The molecule has 0 radical (unpaired) electrons. The number of anilines is 1. The zero-order valence-electron chi connectivity index (χ0n) is 12.4. The lowest BCUT2D eigenvalue weighted by Crippen LogP contribution is -2.47. The van der Waals surface area contributed by atoms with Crippen LogP contribution < -0.4 is 10.2 Å². The Morgan fingerprint density at radius 2 is 2.09 bits per heavy atom. The summed E-state index contributed by atoms with van der Waals surface area (Å²) < 4.78 is 5.23. The molecule has 1 aliphatic heterocycles. The van der Waals surface area contributed by atoms with Crippen molar-refractivity contribution in [1.29, 1.82) is 0 Å². The number of nitrogens with zero attached hydrogens (tertiary/aromatic N) is 1. The molecule has 3 rings (SSSR count). The van der Waals surface area contributed by atoms with Crippen LogP contribution in [0.2, 0.25) is 0 Å². The van der Waals surface area contributed by atoms with Crippen molar-refractivity contribution in [3.8, 4) is 0 Å². The summed E-state index contributed by atoms with van der Waals surface area (Å²) in [5.74, 6) is 0.590. The Hall–Kier alpha value is -2.56. The molecule has 2 amide bonds. The second-order valence-corrected chi connectivity index (χ2v) is 5.36. The van der Waals surface area contributed by atoms with Crippen LogP contribution in [0.25, 0.3) is 0 Å². The molecule has 0 fully saturated rings. The first-order valence-electron chi connectivity index (χ1n) is 7.34. The van der Waals surface area contributed by atoms with Crippen molar-refractivity contribution in [2.75, 3.05) is 11.4 Å². The maximum atomic E-state index is 12.4. The van der Waals surface area contributed by atoms with Gasteiger partial charge in [-0.2, -0.15) is 0 Å². The van der Waals surface area contributed by atoms with E-state index in [1.165, 1.54) is 6.92 Å². The van der Waals surface area contributed by atoms with Gasteiger partial charge in [-0.05, 0) is 23.8 Å². The van der Waals surface area contributed by atoms with Crippen LogP contribution in [0, 0.1) is 0 Å². The predicted octanol–water partition coefficient (Wildman–Crippen LogP) is 1.92. The number of carbonyl (C=O) groups is 2. The average Bonchev–Trinajstić information content (AvgIpc) is 3.13. The quantitative estimate of drug-likeness (QED) is 0.938. The zero-order valence-corrected chi connectivity index (χ0v) is 12.4. The van der Waals surface area contributed by atoms with Crippen molar-refractivity contribution in [3.05, 3.63) is 54.0 Å². The van der Waals surface area contributed by atoms with Crippen molar-refractivity contribution in [1.82, 2.24) is 5.32 Å². The smallest absolute Gasteiger partial charge is 0.243 e. The first-order chi connectivity index (χ1) is 10.7. The van der Waals surface area contributed by atoms with Crippen molar-refractivity contribution in [3.63, 3.8) is 0 Å². The van der Waals surface area contributed by atoms with Gasteiger partial charge in [-0.15, -0.1) is 0 Å². The van der Waals surface area contributed by atoms with Gasteiger partial charge in [-0.1, -0.05) is 18.2 Å². The number of hydrogen-bond donors (Lipinski definition) is 1. The highest BCUT2D eigenvalue weighted by Gasteiger charge is 2.36. The Morgan fingerprint density at radius 1 is 1.27 bits per heavy atom. The van der Waals surface area contributed by atoms with Crippen LogP contribution in [0.4, 0.5) is 5.69 Å². The van der Waals surface area contributed by atoms with E-state index in [0.717, 1.165) is 17.0 Å². The molecule has 0 aliphatic carbocycles. The van der Waals surface area contributed by atoms with Crippen LogP contribution >= 0.6 is 0 Å². The number of nitrogens with one attached hydrogen (secondary N) is 1. The lowest BCUT2D eigenvalue weighted by molar-refractivity contribution is -0.125. The summed E-state index contributed by atoms with van der Waals surface area (Å²) in [4.78, 5) is 25.9. The van der Waals surface area contributed by atoms with Crippen molar-refractivity contribution in [2.24, 2.45) is 0 Å². The van der Waals surface area contributed by atoms with E-state index in [2.05, 4.69) is 5.32 Å². The van der Waals surface area contributed by atoms with Gasteiger partial charge in [0, 0.05) is 32.0 Å². The molecule has 22 heavy (non-hydrogen) atoms. The fraction of sp³-hybridized carbons (Fsp3) is 0.294. The van der Waals surface area contributed by atoms with E-state index in [1.54, 1.807) is 11.2 Å². The average molecular weight is 298 g/mol. The monoisotopic (exact) mass is 298 g/mol. The van der Waals surface area contributed by atoms with E-state index in [4.69, 9.17) is 4.42 Å². The van der Waals surface area contributed by atoms with Crippen LogP contribution in [0.3, 0.4) is 0 Å². The fourth-order valence-electron chi connectivity index (χ4n) is 2.87. The highest BCUT2D eigenvalue weighted by molar-refractivity contribution is 6.02. The normalized spacial score (nSPS) is 16.4. The lowest BCUT2D eigenvalue weighted by atomic mass is 10.1. The molecule has 1 aliphatic rings. The van der Waals surface area contributed by atoms with E-state index in [0.29, 0.717) is 19.4 Å². The SMILES string of the molecule is CC(=O)N1c2ccccc2C[C@@H]1C(=O)NCCc1ccco1. The maximum absolute atomic E-state index is 12.4. The van der Waals surface area contributed by atoms with Crippen LogP contribution in [-0.4, -0.2) is 24.4 Å². The van der Waals surface area contributed by atoms with Gasteiger partial charge in [0.1, 0.15) is 11.8 Å². The van der Waals surface area contributed by atoms with Crippen molar-refractivity contribution in [2.45, 2.75) is 25.8 Å². The largest absolute Gasteiger partial charge is 0.469 e. The molecule has 114 valence electrons. The minimum atomic E-state index is -0.466. The number of fused-ring (bicyclic) bond motifs is 1. The lowest BCUT2D eigenvalue weighted by Gasteiger charge is -2.23. The number of benzene rings is 1. The molecule has 0 spiro atoms. The first-order valence-corrected chi connectivity index (χ1v) is 7.34. The topological polar surface area (TPSA) is 62.6 Å². The third kappa shape index (κ3) is 2.74. The van der Waals surface area contributed by atoms with Gasteiger partial charge in [-0.25, -0.2) is 0 Å². The first kappa shape index (κ1) is 14.4. The number of furan rings is 1. The minimum Gasteiger partial charge on any atom is -0.469 e. The van der Waals surface area contributed by atoms with E-state index in [9.17, 15) is 9.59 Å². The molecule has 2 aromatic rings. The fourth-order valence-corrected chi connectivity index (χ4v) is 2.87. The Balaban J connectivity index is 1.66. The molecule has 0 unspecified atom stereocenters. The summed E-state index contributed by atoms with van der Waals surface area (Å²) >= 11 is 0. The van der Waals surface area contributed by atoms with Crippen LogP contribution in [-0.2, 0) is 22.4 Å². The van der Waals surface area contributed by atoms with Crippen LogP contribution in [0.1, 0.15) is 18.2 Å². The van der Waals surface area contributed by atoms with Gasteiger partial charge in [0.05, 0.1) is 6.26 Å². The van der Waals surface area contributed by atoms with Gasteiger partial charge in [-0.3, -0.25) is 14.5 Å². The molecule has 5 heteroatoms. The van der Waals surface area contributed by atoms with Gasteiger partial charge in [0.15, 0.2) is 0 Å². The zero-order chi connectivity index (χ0) is 15.5. The van der Waals surface area contributed by atoms with Gasteiger partial charge >= 0.3 is 0 Å². The van der Waals surface area contributed by atoms with Gasteiger partial charge in [0.2, 0.25) is 11.8 Å². The summed E-state index contributed by atoms with van der Waals surface area (Å²) in [6, 6.07) is 10.9. The summed E-state index contributed by atoms with van der Waals surface area (Å²) in [5, 5.41) is 2.89. The highest BCUT2D eigenvalue weighted by atomic mass is 16.3. The number of para-hydroxylation sites is 1. The Labute approximate surface area is 128 Å². The summed E-state index contributed by atoms with van der Waals surface area (Å²) in [6.07, 6.45) is 2.81. The molecule has 1 atom stereocenters. The molecule has 1 aromatic carbocycles. The Bertz CT molecular complexity index is 679. The molecule has 0 bridgehead atoms. The van der Waals surface area contributed by atoms with E-state index in [-0.39, 0.29) is 11.8 Å². The molecule has 5 nitrogen and oxygen atoms in total. The maximum Gasteiger partial charge on any atom is 0.243 e. The standard InChI is InChI=1S/C17H18N2O3/c1-12(20)19-15-7-3-2-5-13(15)11-16(19)17(21)18-9-8-14-6-4-10-22-14/h2-7,10,16H,8-9,11H2,1H3,(H,18,21)/t16-/m1/s1. The van der Waals surface area contributed by atoms with E-state index >= 15 is 0 Å². The van der Waals surface area contributed by atoms with Crippen LogP contribution in [0.15, 0.2) is 47.1 Å². The second kappa shape index (κ2) is 6.05. The third-order valence-electron chi connectivity index (χ3n) is 3.87. The number of amides is 2. The minimum absolute atomic E-state index is 0.115. The summed E-state index contributed by atoms with van der Waals surface area (Å²) in [5.41, 5.74) is 1.87. The molecule has 0 saturated heterocycles. The van der Waals surface area contributed by atoms with Crippen molar-refractivity contribution < 1.29 is 14.0 Å². The second-order valence-electron chi connectivity index (χ2n) is 5.36. The van der Waals surface area contributed by atoms with Crippen LogP contribution in [0.5, 0.6) is 0 Å². The molecule has 2 heterocycles. The van der Waals surface area contributed by atoms with Gasteiger partial charge < -0.3 is 9.73 Å². The highest BCUT2D eigenvalue weighted by Crippen LogP contribution is 2.32. The Kier molecular flexibility index (Phi) is 3.96. The predicted molar refractivity (Wildman–Crippen MR) is 82.5 cm³/mol. The molecule has 1 N–H and O–H groups in total. The molecular formula is C17H18N2O3. The number of carbonyl (C=O) groups excluding carboxylic acids is 2. The summed E-state index contributed by atoms with van der Waals surface area (Å²) in [6.45, 7) is 1.98. The van der Waals surface area contributed by atoms with Gasteiger partial charge in [0.25, 0.3) is 0 Å². The summed E-state index contributed by atoms with van der Waals surface area (Å²) in [7, 11) is 0. The van der Waals surface area contributed by atoms with E-state index < -0.39 is 6.04 Å². The van der Waals surface area contributed by atoms with E-state index in [1.807, 2.05) is 36.4 Å². The third-order valence-corrected chi connectivity index (χ3v) is 3.87. The molecule has 0 saturated carbocycles. The Morgan fingerprint density at radius 3 is 2.82 bits per heavy atom. The molecule has 1 aromatic heterocycles. The number of hydrogen-bond acceptors (Lipinski definition) is 3. The van der Waals surface area contributed by atoms with Crippen molar-refractivity contribution >= 4 is 17.5 Å². The number of rotatable bonds is 4. The molecular weight excluding hydrogens is 280 g/mol.